The molecule has 0 bridgehead atoms. The van der Waals surface area contributed by atoms with E-state index in [9.17, 15) is 9.59 Å². The number of fused-ring (bicyclic) bond motifs is 1. The number of nitrogens with one attached hydrogen (secondary N) is 2. The Bertz CT molecular complexity index is 918. The third kappa shape index (κ3) is 5.02. The molecule has 1 saturated heterocycles. The van der Waals surface area contributed by atoms with E-state index in [-0.39, 0.29) is 24.3 Å². The highest BCUT2D eigenvalue weighted by Crippen LogP contribution is 2.24. The zero-order chi connectivity index (χ0) is 20.9. The fourth-order valence-electron chi connectivity index (χ4n) is 4.48. The number of rotatable bonds is 6. The van der Waals surface area contributed by atoms with Crippen LogP contribution in [-0.2, 0) is 17.6 Å². The fourth-order valence-corrected chi connectivity index (χ4v) is 4.48. The van der Waals surface area contributed by atoms with E-state index in [4.69, 9.17) is 0 Å². The lowest BCUT2D eigenvalue weighted by molar-refractivity contribution is -0.116. The van der Waals surface area contributed by atoms with Crippen molar-refractivity contribution in [2.24, 2.45) is 0 Å². The number of amides is 2. The summed E-state index contributed by atoms with van der Waals surface area (Å²) in [6, 6.07) is 13.8. The van der Waals surface area contributed by atoms with Gasteiger partial charge in [-0.2, -0.15) is 0 Å². The molecule has 2 aromatic rings. The lowest BCUT2D eigenvalue weighted by Crippen LogP contribution is -2.35. The van der Waals surface area contributed by atoms with Crippen LogP contribution in [0.4, 0.5) is 11.4 Å². The smallest absolute Gasteiger partial charge is 0.251 e. The molecule has 2 aliphatic rings. The fraction of sp³-hybridized carbons (Fsp3) is 0.440. The first-order valence-corrected chi connectivity index (χ1v) is 11.2. The Kier molecular flexibility index (Phi) is 6.36. The quantitative estimate of drug-likeness (QED) is 0.753. The maximum Gasteiger partial charge on any atom is 0.251 e. The van der Waals surface area contributed by atoms with Gasteiger partial charge in [-0.25, -0.2) is 0 Å². The van der Waals surface area contributed by atoms with Crippen LogP contribution in [0.5, 0.6) is 0 Å². The standard InChI is InChI=1S/C25H31N3O2/c1-18(26-25(30)21-12-11-19-7-2-3-8-20(19)16-21)15-24(29)27-22-9-6-10-23(17-22)28-13-4-5-14-28/h6,9-12,16-18H,2-5,7-8,13-15H2,1H3,(H,26,30)(H,27,29). The van der Waals surface area contributed by atoms with Gasteiger partial charge in [0.15, 0.2) is 0 Å². The first-order chi connectivity index (χ1) is 14.6. The third-order valence-electron chi connectivity index (χ3n) is 6.08. The minimum Gasteiger partial charge on any atom is -0.371 e. The van der Waals surface area contributed by atoms with Crippen molar-refractivity contribution < 1.29 is 9.59 Å². The van der Waals surface area contributed by atoms with Gasteiger partial charge in [0.05, 0.1) is 0 Å². The lowest BCUT2D eigenvalue weighted by Gasteiger charge is -2.19. The Morgan fingerprint density at radius 3 is 2.53 bits per heavy atom. The summed E-state index contributed by atoms with van der Waals surface area (Å²) in [4.78, 5) is 27.5. The molecule has 30 heavy (non-hydrogen) atoms. The highest BCUT2D eigenvalue weighted by atomic mass is 16.2. The van der Waals surface area contributed by atoms with Crippen molar-refractivity contribution in [1.82, 2.24) is 5.32 Å². The largest absolute Gasteiger partial charge is 0.371 e. The van der Waals surface area contributed by atoms with Gasteiger partial charge in [0.2, 0.25) is 5.91 Å². The van der Waals surface area contributed by atoms with Crippen LogP contribution in [0.2, 0.25) is 0 Å². The van der Waals surface area contributed by atoms with Gasteiger partial charge in [-0.05, 0) is 86.9 Å². The lowest BCUT2D eigenvalue weighted by atomic mass is 9.90. The summed E-state index contributed by atoms with van der Waals surface area (Å²) in [5.74, 6) is -0.202. The van der Waals surface area contributed by atoms with Crippen LogP contribution >= 0.6 is 0 Å². The predicted molar refractivity (Wildman–Crippen MR) is 121 cm³/mol. The number of carbonyl (C=O) groups excluding carboxylic acids is 2. The number of hydrogen-bond acceptors (Lipinski definition) is 3. The monoisotopic (exact) mass is 405 g/mol. The highest BCUT2D eigenvalue weighted by Gasteiger charge is 2.17. The molecule has 5 heteroatoms. The van der Waals surface area contributed by atoms with E-state index in [1.54, 1.807) is 0 Å². The molecule has 1 heterocycles. The van der Waals surface area contributed by atoms with Gasteiger partial charge in [0, 0.05) is 42.5 Å². The number of carbonyl (C=O) groups is 2. The van der Waals surface area contributed by atoms with E-state index in [0.29, 0.717) is 5.56 Å². The van der Waals surface area contributed by atoms with E-state index in [0.717, 1.165) is 37.3 Å². The van der Waals surface area contributed by atoms with Gasteiger partial charge in [-0.3, -0.25) is 9.59 Å². The van der Waals surface area contributed by atoms with Crippen molar-refractivity contribution in [3.05, 3.63) is 59.2 Å². The second kappa shape index (κ2) is 9.33. The minimum atomic E-state index is -0.240. The van der Waals surface area contributed by atoms with Gasteiger partial charge in [-0.1, -0.05) is 12.1 Å². The average Bonchev–Trinajstić information content (AvgIpc) is 3.28. The van der Waals surface area contributed by atoms with Crippen molar-refractivity contribution in [3.8, 4) is 0 Å². The van der Waals surface area contributed by atoms with Gasteiger partial charge < -0.3 is 15.5 Å². The maximum absolute atomic E-state index is 12.6. The Morgan fingerprint density at radius 2 is 1.73 bits per heavy atom. The number of aryl methyl sites for hydroxylation is 2. The molecule has 1 aliphatic carbocycles. The molecule has 4 rings (SSSR count). The Balaban J connectivity index is 1.30. The van der Waals surface area contributed by atoms with Gasteiger partial charge in [-0.15, -0.1) is 0 Å². The molecule has 1 aliphatic heterocycles. The maximum atomic E-state index is 12.6. The van der Waals surface area contributed by atoms with Crippen LogP contribution in [-0.4, -0.2) is 30.9 Å². The number of nitrogens with zero attached hydrogens (tertiary/aromatic N) is 1. The number of anilines is 2. The van der Waals surface area contributed by atoms with Crippen molar-refractivity contribution in [3.63, 3.8) is 0 Å². The average molecular weight is 406 g/mol. The first-order valence-electron chi connectivity index (χ1n) is 11.2. The Hall–Kier alpha value is -2.82. The van der Waals surface area contributed by atoms with Gasteiger partial charge in [0.1, 0.15) is 0 Å². The van der Waals surface area contributed by atoms with Crippen LogP contribution < -0.4 is 15.5 Å². The summed E-state index contributed by atoms with van der Waals surface area (Å²) in [5, 5.41) is 5.94. The summed E-state index contributed by atoms with van der Waals surface area (Å²) in [7, 11) is 0. The molecule has 158 valence electrons. The normalized spacial score (nSPS) is 16.6. The summed E-state index contributed by atoms with van der Waals surface area (Å²) < 4.78 is 0. The van der Waals surface area contributed by atoms with Crippen molar-refractivity contribution in [2.75, 3.05) is 23.3 Å². The molecule has 1 fully saturated rings. The molecule has 2 N–H and O–H groups in total. The molecule has 0 aromatic heterocycles. The van der Waals surface area contributed by atoms with Crippen molar-refractivity contribution in [2.45, 2.75) is 57.9 Å². The van der Waals surface area contributed by atoms with Crippen LogP contribution in [0.3, 0.4) is 0 Å². The second-order valence-corrected chi connectivity index (χ2v) is 8.56. The molecule has 0 spiro atoms. The van der Waals surface area contributed by atoms with E-state index >= 15 is 0 Å². The Morgan fingerprint density at radius 1 is 0.967 bits per heavy atom. The molecule has 1 atom stereocenters. The molecule has 0 saturated carbocycles. The highest BCUT2D eigenvalue weighted by molar-refractivity contribution is 5.96. The summed E-state index contributed by atoms with van der Waals surface area (Å²) in [5.41, 5.74) is 5.29. The SMILES string of the molecule is CC(CC(=O)Nc1cccc(N2CCCC2)c1)NC(=O)c1ccc2c(c1)CCCC2. The van der Waals surface area contributed by atoms with Crippen LogP contribution in [0.15, 0.2) is 42.5 Å². The summed E-state index contributed by atoms with van der Waals surface area (Å²) in [6.45, 7) is 4.02. The van der Waals surface area contributed by atoms with Crippen molar-refractivity contribution in [1.29, 1.82) is 0 Å². The number of benzene rings is 2. The second-order valence-electron chi connectivity index (χ2n) is 8.56. The summed E-state index contributed by atoms with van der Waals surface area (Å²) in [6.07, 6.45) is 7.25. The van der Waals surface area contributed by atoms with E-state index < -0.39 is 0 Å². The molecule has 2 amide bonds. The van der Waals surface area contributed by atoms with E-state index in [2.05, 4.69) is 27.7 Å². The predicted octanol–water partition coefficient (Wildman–Crippen LogP) is 4.31. The first kappa shape index (κ1) is 20.5. The van der Waals surface area contributed by atoms with E-state index in [1.807, 2.05) is 37.3 Å². The van der Waals surface area contributed by atoms with E-state index in [1.165, 1.54) is 36.8 Å². The molecular weight excluding hydrogens is 374 g/mol. The molecule has 5 nitrogen and oxygen atoms in total. The van der Waals surface area contributed by atoms with Gasteiger partial charge >= 0.3 is 0 Å². The zero-order valence-electron chi connectivity index (χ0n) is 17.7. The van der Waals surface area contributed by atoms with Crippen molar-refractivity contribution >= 4 is 23.2 Å². The minimum absolute atomic E-state index is 0.0909. The van der Waals surface area contributed by atoms with Gasteiger partial charge in [0.25, 0.3) is 5.91 Å². The Labute approximate surface area is 178 Å². The van der Waals surface area contributed by atoms with Crippen LogP contribution in [0, 0.1) is 0 Å². The molecule has 1 unspecified atom stereocenters. The van der Waals surface area contributed by atoms with Crippen LogP contribution in [0.25, 0.3) is 0 Å². The molecule has 0 radical (unpaired) electrons. The number of hydrogen-bond donors (Lipinski definition) is 2. The zero-order valence-corrected chi connectivity index (χ0v) is 17.7. The third-order valence-corrected chi connectivity index (χ3v) is 6.08. The van der Waals surface area contributed by atoms with Crippen LogP contribution in [0.1, 0.15) is 60.5 Å². The molecule has 2 aromatic carbocycles. The topological polar surface area (TPSA) is 61.4 Å². The molecular formula is C25H31N3O2. The summed E-state index contributed by atoms with van der Waals surface area (Å²) >= 11 is 0.